The maximum Gasteiger partial charge on any atom is 0.251 e. The molecule has 2 N–H and O–H groups in total. The largest absolute Gasteiger partial charge is 0.370 e. The van der Waals surface area contributed by atoms with E-state index in [2.05, 4.69) is 22.2 Å². The van der Waals surface area contributed by atoms with Gasteiger partial charge in [0.05, 0.1) is 0 Å². The van der Waals surface area contributed by atoms with Gasteiger partial charge in [0.1, 0.15) is 5.82 Å². The van der Waals surface area contributed by atoms with Crippen molar-refractivity contribution in [1.82, 2.24) is 10.3 Å². The number of nitrogens with zero attached hydrogens (tertiary/aromatic N) is 1. The summed E-state index contributed by atoms with van der Waals surface area (Å²) in [7, 11) is 0. The van der Waals surface area contributed by atoms with Gasteiger partial charge in [0, 0.05) is 34.9 Å². The molecule has 1 aromatic heterocycles. The van der Waals surface area contributed by atoms with E-state index >= 15 is 0 Å². The third kappa shape index (κ3) is 5.27. The Morgan fingerprint density at radius 3 is 2.83 bits per heavy atom. The van der Waals surface area contributed by atoms with Crippen LogP contribution in [0.15, 0.2) is 49.2 Å². The molecule has 4 nitrogen and oxygen atoms in total. The maximum atomic E-state index is 11.9. The molecule has 6 heteroatoms. The van der Waals surface area contributed by atoms with Gasteiger partial charge in [-0.25, -0.2) is 4.98 Å². The van der Waals surface area contributed by atoms with Crippen LogP contribution in [-0.4, -0.2) is 24.0 Å². The zero-order valence-corrected chi connectivity index (χ0v) is 14.0. The maximum absolute atomic E-state index is 11.9. The number of rotatable bonds is 7. The molecule has 0 aliphatic carbocycles. The van der Waals surface area contributed by atoms with Gasteiger partial charge in [0.25, 0.3) is 5.91 Å². The highest BCUT2D eigenvalue weighted by Crippen LogP contribution is 2.21. The Labute approximate surface area is 145 Å². The Morgan fingerprint density at radius 2 is 2.09 bits per heavy atom. The molecular weight excluding hydrogens is 333 g/mol. The second-order valence-electron chi connectivity index (χ2n) is 4.84. The SMILES string of the molecule is C=CCNC(=O)c1ccnc(NCCc2ccc(Cl)cc2Cl)c1. The second-order valence-corrected chi connectivity index (χ2v) is 5.68. The van der Waals surface area contributed by atoms with Crippen molar-refractivity contribution < 1.29 is 4.79 Å². The van der Waals surface area contributed by atoms with E-state index in [0.29, 0.717) is 34.5 Å². The molecule has 0 unspecified atom stereocenters. The predicted molar refractivity (Wildman–Crippen MR) is 95.4 cm³/mol. The quantitative estimate of drug-likeness (QED) is 0.744. The van der Waals surface area contributed by atoms with Crippen LogP contribution in [-0.2, 0) is 6.42 Å². The Kier molecular flexibility index (Phi) is 6.44. The standard InChI is InChI=1S/C17H17Cl2N3O/c1-2-7-22-17(23)13-6-9-21-16(10-13)20-8-5-12-3-4-14(18)11-15(12)19/h2-4,6,9-11H,1,5,7-8H2,(H,20,21)(H,22,23). The molecule has 2 rings (SSSR count). The first-order valence-electron chi connectivity index (χ1n) is 7.13. The summed E-state index contributed by atoms with van der Waals surface area (Å²) >= 11 is 12.0. The van der Waals surface area contributed by atoms with Gasteiger partial charge < -0.3 is 10.6 Å². The van der Waals surface area contributed by atoms with E-state index in [1.165, 1.54) is 0 Å². The van der Waals surface area contributed by atoms with Crippen molar-refractivity contribution >= 4 is 34.9 Å². The van der Waals surface area contributed by atoms with Crippen molar-refractivity contribution in [3.05, 3.63) is 70.4 Å². The number of hydrogen-bond donors (Lipinski definition) is 2. The smallest absolute Gasteiger partial charge is 0.251 e. The molecule has 0 radical (unpaired) electrons. The third-order valence-corrected chi connectivity index (χ3v) is 3.73. The molecule has 0 atom stereocenters. The highest BCUT2D eigenvalue weighted by atomic mass is 35.5. The molecule has 0 fully saturated rings. The molecule has 1 amide bonds. The van der Waals surface area contributed by atoms with Crippen molar-refractivity contribution in [2.24, 2.45) is 0 Å². The molecule has 0 aliphatic rings. The van der Waals surface area contributed by atoms with E-state index in [0.717, 1.165) is 12.0 Å². The summed E-state index contributed by atoms with van der Waals surface area (Å²) in [6.45, 7) is 4.64. The Morgan fingerprint density at radius 1 is 1.26 bits per heavy atom. The van der Waals surface area contributed by atoms with E-state index in [9.17, 15) is 4.79 Å². The number of pyridine rings is 1. The summed E-state index contributed by atoms with van der Waals surface area (Å²) in [5.41, 5.74) is 1.55. The number of benzene rings is 1. The molecule has 120 valence electrons. The predicted octanol–water partition coefficient (Wildman–Crippen LogP) is 3.96. The number of nitrogens with one attached hydrogen (secondary N) is 2. The van der Waals surface area contributed by atoms with Gasteiger partial charge in [0.2, 0.25) is 0 Å². The van der Waals surface area contributed by atoms with Crippen LogP contribution in [0.1, 0.15) is 15.9 Å². The van der Waals surface area contributed by atoms with Crippen LogP contribution < -0.4 is 10.6 Å². The number of aromatic nitrogens is 1. The molecule has 2 aromatic rings. The van der Waals surface area contributed by atoms with Crippen LogP contribution in [0.3, 0.4) is 0 Å². The topological polar surface area (TPSA) is 54.0 Å². The molecule has 23 heavy (non-hydrogen) atoms. The number of carbonyl (C=O) groups is 1. The first-order chi connectivity index (χ1) is 11.1. The van der Waals surface area contributed by atoms with Crippen molar-refractivity contribution in [2.75, 3.05) is 18.4 Å². The summed E-state index contributed by atoms with van der Waals surface area (Å²) < 4.78 is 0. The zero-order valence-electron chi connectivity index (χ0n) is 12.5. The van der Waals surface area contributed by atoms with Crippen molar-refractivity contribution in [2.45, 2.75) is 6.42 Å². The highest BCUT2D eigenvalue weighted by Gasteiger charge is 2.06. The molecule has 0 saturated carbocycles. The van der Waals surface area contributed by atoms with E-state index in [4.69, 9.17) is 23.2 Å². The van der Waals surface area contributed by atoms with Gasteiger partial charge in [-0.2, -0.15) is 0 Å². The molecule has 0 aliphatic heterocycles. The minimum Gasteiger partial charge on any atom is -0.370 e. The molecule has 0 spiro atoms. The summed E-state index contributed by atoms with van der Waals surface area (Å²) in [6.07, 6.45) is 3.96. The minimum absolute atomic E-state index is 0.156. The van der Waals surface area contributed by atoms with Crippen LogP contribution in [0.5, 0.6) is 0 Å². The van der Waals surface area contributed by atoms with E-state index in [1.807, 2.05) is 12.1 Å². The van der Waals surface area contributed by atoms with Crippen molar-refractivity contribution in [3.8, 4) is 0 Å². The number of halogens is 2. The fraction of sp³-hybridized carbons (Fsp3) is 0.176. The van der Waals surface area contributed by atoms with Gasteiger partial charge in [-0.1, -0.05) is 35.3 Å². The van der Waals surface area contributed by atoms with Crippen LogP contribution in [0.2, 0.25) is 10.0 Å². The normalized spacial score (nSPS) is 10.2. The van der Waals surface area contributed by atoms with Crippen LogP contribution >= 0.6 is 23.2 Å². The summed E-state index contributed by atoms with van der Waals surface area (Å²) in [6, 6.07) is 8.81. The Balaban J connectivity index is 1.93. The summed E-state index contributed by atoms with van der Waals surface area (Å²) in [4.78, 5) is 16.1. The van der Waals surface area contributed by atoms with Crippen molar-refractivity contribution in [3.63, 3.8) is 0 Å². The van der Waals surface area contributed by atoms with E-state index in [1.54, 1.807) is 30.5 Å². The molecule has 0 bridgehead atoms. The molecule has 1 heterocycles. The number of hydrogen-bond acceptors (Lipinski definition) is 3. The molecular formula is C17H17Cl2N3O. The monoisotopic (exact) mass is 349 g/mol. The van der Waals surface area contributed by atoms with Gasteiger partial charge in [0.15, 0.2) is 0 Å². The van der Waals surface area contributed by atoms with Gasteiger partial charge in [-0.05, 0) is 36.2 Å². The first-order valence-corrected chi connectivity index (χ1v) is 7.88. The lowest BCUT2D eigenvalue weighted by Gasteiger charge is -2.09. The van der Waals surface area contributed by atoms with Crippen molar-refractivity contribution in [1.29, 1.82) is 0 Å². The summed E-state index contributed by atoms with van der Waals surface area (Å²) in [5.74, 6) is 0.484. The van der Waals surface area contributed by atoms with E-state index in [-0.39, 0.29) is 5.91 Å². The average Bonchev–Trinajstić information content (AvgIpc) is 2.55. The zero-order chi connectivity index (χ0) is 16.7. The lowest BCUT2D eigenvalue weighted by atomic mass is 10.1. The molecule has 0 saturated heterocycles. The van der Waals surface area contributed by atoms with E-state index < -0.39 is 0 Å². The minimum atomic E-state index is -0.156. The lowest BCUT2D eigenvalue weighted by Crippen LogP contribution is -2.23. The molecule has 1 aromatic carbocycles. The van der Waals surface area contributed by atoms with Gasteiger partial charge in [-0.3, -0.25) is 4.79 Å². The number of amides is 1. The van der Waals surface area contributed by atoms with Gasteiger partial charge in [-0.15, -0.1) is 6.58 Å². The fourth-order valence-electron chi connectivity index (χ4n) is 1.99. The van der Waals surface area contributed by atoms with Crippen LogP contribution in [0, 0.1) is 0 Å². The lowest BCUT2D eigenvalue weighted by molar-refractivity contribution is 0.0958. The average molecular weight is 350 g/mol. The van der Waals surface area contributed by atoms with Crippen LogP contribution in [0.4, 0.5) is 5.82 Å². The fourth-order valence-corrected chi connectivity index (χ4v) is 2.49. The van der Waals surface area contributed by atoms with Crippen LogP contribution in [0.25, 0.3) is 0 Å². The number of anilines is 1. The Hall–Kier alpha value is -2.04. The number of carbonyl (C=O) groups excluding carboxylic acids is 1. The summed E-state index contributed by atoms with van der Waals surface area (Å²) in [5, 5.41) is 7.17. The second kappa shape index (κ2) is 8.56. The Bertz CT molecular complexity index is 704. The first kappa shape index (κ1) is 17.3. The van der Waals surface area contributed by atoms with Gasteiger partial charge >= 0.3 is 0 Å². The highest BCUT2D eigenvalue weighted by molar-refractivity contribution is 6.35. The third-order valence-electron chi connectivity index (χ3n) is 3.14.